The molecule has 2 heterocycles. The van der Waals surface area contributed by atoms with Crippen molar-refractivity contribution in [2.24, 2.45) is 0 Å². The van der Waals surface area contributed by atoms with E-state index in [-0.39, 0.29) is 17.6 Å². The van der Waals surface area contributed by atoms with Crippen LogP contribution in [0.5, 0.6) is 0 Å². The Morgan fingerprint density at radius 2 is 1.96 bits per heavy atom. The highest BCUT2D eigenvalue weighted by atomic mass is 19.4. The van der Waals surface area contributed by atoms with Crippen LogP contribution in [0.2, 0.25) is 0 Å². The minimum absolute atomic E-state index is 0.132. The largest absolute Gasteiger partial charge is 0.416 e. The lowest BCUT2D eigenvalue weighted by molar-refractivity contribution is -0.137. The SMILES string of the molecule is C#Cc1cnn2c1C(=O)N(c1ccc(C(F)(F)F)cc1)C[C@@H]2C. The van der Waals surface area contributed by atoms with Crippen molar-refractivity contribution < 1.29 is 18.0 Å². The molecule has 1 aromatic carbocycles. The zero-order chi connectivity index (χ0) is 16.8. The fourth-order valence-corrected chi connectivity index (χ4v) is 2.62. The normalized spacial score (nSPS) is 17.8. The number of hydrogen-bond acceptors (Lipinski definition) is 2. The van der Waals surface area contributed by atoms with Gasteiger partial charge >= 0.3 is 6.18 Å². The van der Waals surface area contributed by atoms with Crippen LogP contribution in [0.1, 0.15) is 34.6 Å². The predicted molar refractivity (Wildman–Crippen MR) is 78.0 cm³/mol. The average molecular weight is 319 g/mol. The van der Waals surface area contributed by atoms with Crippen molar-refractivity contribution in [3.05, 3.63) is 47.3 Å². The fraction of sp³-hybridized carbons (Fsp3) is 0.250. The Labute approximate surface area is 130 Å². The number of terminal acetylenes is 1. The highest BCUT2D eigenvalue weighted by Gasteiger charge is 2.34. The van der Waals surface area contributed by atoms with Gasteiger partial charge in [-0.15, -0.1) is 6.42 Å². The highest BCUT2D eigenvalue weighted by molar-refractivity contribution is 6.07. The summed E-state index contributed by atoms with van der Waals surface area (Å²) in [6.07, 6.45) is 2.41. The molecule has 118 valence electrons. The van der Waals surface area contributed by atoms with Crippen molar-refractivity contribution in [2.45, 2.75) is 19.1 Å². The van der Waals surface area contributed by atoms with Gasteiger partial charge in [0.05, 0.1) is 23.4 Å². The monoisotopic (exact) mass is 319 g/mol. The fourth-order valence-electron chi connectivity index (χ4n) is 2.62. The molecule has 23 heavy (non-hydrogen) atoms. The van der Waals surface area contributed by atoms with Gasteiger partial charge in [-0.2, -0.15) is 18.3 Å². The van der Waals surface area contributed by atoms with Gasteiger partial charge in [0.1, 0.15) is 5.69 Å². The molecule has 0 saturated carbocycles. The Morgan fingerprint density at radius 1 is 1.30 bits per heavy atom. The Hall–Kier alpha value is -2.75. The van der Waals surface area contributed by atoms with Crippen LogP contribution in [-0.2, 0) is 6.18 Å². The molecule has 0 saturated heterocycles. The van der Waals surface area contributed by atoms with Gasteiger partial charge in [0.25, 0.3) is 5.91 Å². The van der Waals surface area contributed by atoms with E-state index in [1.54, 1.807) is 4.68 Å². The summed E-state index contributed by atoms with van der Waals surface area (Å²) in [6.45, 7) is 2.17. The first-order valence-electron chi connectivity index (χ1n) is 6.86. The van der Waals surface area contributed by atoms with Gasteiger partial charge in [-0.25, -0.2) is 0 Å². The first-order valence-corrected chi connectivity index (χ1v) is 6.86. The lowest BCUT2D eigenvalue weighted by Gasteiger charge is -2.32. The van der Waals surface area contributed by atoms with Gasteiger partial charge in [-0.3, -0.25) is 9.48 Å². The van der Waals surface area contributed by atoms with Crippen LogP contribution in [0.15, 0.2) is 30.5 Å². The summed E-state index contributed by atoms with van der Waals surface area (Å²) >= 11 is 0. The van der Waals surface area contributed by atoms with E-state index in [9.17, 15) is 18.0 Å². The molecule has 0 radical (unpaired) electrons. The lowest BCUT2D eigenvalue weighted by Crippen LogP contribution is -2.43. The molecule has 0 N–H and O–H groups in total. The zero-order valence-electron chi connectivity index (χ0n) is 12.1. The van der Waals surface area contributed by atoms with Crippen LogP contribution in [-0.4, -0.2) is 22.2 Å². The third-order valence-corrected chi connectivity index (χ3v) is 3.77. The van der Waals surface area contributed by atoms with Crippen LogP contribution in [0.25, 0.3) is 0 Å². The predicted octanol–water partition coefficient (Wildman–Crippen LogP) is 3.10. The summed E-state index contributed by atoms with van der Waals surface area (Å²) in [5.74, 6) is 2.04. The highest BCUT2D eigenvalue weighted by Crippen LogP contribution is 2.32. The maximum Gasteiger partial charge on any atom is 0.416 e. The van der Waals surface area contributed by atoms with Crippen molar-refractivity contribution in [1.82, 2.24) is 9.78 Å². The van der Waals surface area contributed by atoms with Gasteiger partial charge in [0.2, 0.25) is 0 Å². The number of aromatic nitrogens is 2. The summed E-state index contributed by atoms with van der Waals surface area (Å²) in [5.41, 5.74) is 0.294. The van der Waals surface area contributed by atoms with Crippen LogP contribution in [0.4, 0.5) is 18.9 Å². The number of anilines is 1. The van der Waals surface area contributed by atoms with E-state index < -0.39 is 11.7 Å². The second kappa shape index (κ2) is 5.16. The second-order valence-electron chi connectivity index (χ2n) is 5.31. The molecule has 7 heteroatoms. The van der Waals surface area contributed by atoms with E-state index in [4.69, 9.17) is 6.42 Å². The second-order valence-corrected chi connectivity index (χ2v) is 5.31. The molecule has 0 aliphatic carbocycles. The molecule has 0 unspecified atom stereocenters. The van der Waals surface area contributed by atoms with E-state index in [0.717, 1.165) is 12.1 Å². The Morgan fingerprint density at radius 3 is 2.52 bits per heavy atom. The van der Waals surface area contributed by atoms with E-state index in [1.165, 1.54) is 23.2 Å². The molecule has 1 aliphatic heterocycles. The molecule has 0 bridgehead atoms. The van der Waals surface area contributed by atoms with Gasteiger partial charge in [0.15, 0.2) is 0 Å². The van der Waals surface area contributed by atoms with E-state index >= 15 is 0 Å². The number of fused-ring (bicyclic) bond motifs is 1. The average Bonchev–Trinajstić information content (AvgIpc) is 2.95. The maximum atomic E-state index is 12.6. The number of alkyl halides is 3. The molecule has 1 aliphatic rings. The van der Waals surface area contributed by atoms with Crippen LogP contribution < -0.4 is 4.90 Å². The standard InChI is InChI=1S/C16H12F3N3O/c1-3-11-8-20-22-10(2)9-21(15(23)14(11)22)13-6-4-12(5-7-13)16(17,18)19/h1,4-8,10H,9H2,2H3/t10-/m0/s1. The first kappa shape index (κ1) is 15.2. The Kier molecular flexibility index (Phi) is 3.40. The van der Waals surface area contributed by atoms with Crippen molar-refractivity contribution in [3.8, 4) is 12.3 Å². The lowest BCUT2D eigenvalue weighted by atomic mass is 10.1. The molecule has 0 fully saturated rings. The quantitative estimate of drug-likeness (QED) is 0.758. The third kappa shape index (κ3) is 2.46. The summed E-state index contributed by atoms with van der Waals surface area (Å²) in [4.78, 5) is 14.1. The molecule has 3 rings (SSSR count). The summed E-state index contributed by atoms with van der Waals surface area (Å²) < 4.78 is 39.5. The number of hydrogen-bond donors (Lipinski definition) is 0. The van der Waals surface area contributed by atoms with Crippen molar-refractivity contribution >= 4 is 11.6 Å². The number of benzene rings is 1. The molecule has 0 spiro atoms. The molecular weight excluding hydrogens is 307 g/mol. The molecule has 2 aromatic rings. The smallest absolute Gasteiger partial charge is 0.305 e. The van der Waals surface area contributed by atoms with Gasteiger partial charge in [-0.1, -0.05) is 5.92 Å². The topological polar surface area (TPSA) is 38.1 Å². The third-order valence-electron chi connectivity index (χ3n) is 3.77. The summed E-state index contributed by atoms with van der Waals surface area (Å²) in [5, 5.41) is 4.11. The van der Waals surface area contributed by atoms with Crippen molar-refractivity contribution in [1.29, 1.82) is 0 Å². The van der Waals surface area contributed by atoms with Crippen molar-refractivity contribution in [3.63, 3.8) is 0 Å². The van der Waals surface area contributed by atoms with Crippen LogP contribution in [0, 0.1) is 12.3 Å². The zero-order valence-corrected chi connectivity index (χ0v) is 12.1. The summed E-state index contributed by atoms with van der Waals surface area (Å²) in [6, 6.07) is 4.36. The number of amides is 1. The van der Waals surface area contributed by atoms with Gasteiger partial charge in [-0.05, 0) is 31.2 Å². The van der Waals surface area contributed by atoms with Crippen molar-refractivity contribution in [2.75, 3.05) is 11.4 Å². The summed E-state index contributed by atoms with van der Waals surface area (Å²) in [7, 11) is 0. The molecule has 1 atom stereocenters. The number of halogens is 3. The minimum atomic E-state index is -4.41. The number of carbonyl (C=O) groups excluding carboxylic acids is 1. The molecule has 1 amide bonds. The maximum absolute atomic E-state index is 12.6. The van der Waals surface area contributed by atoms with Gasteiger partial charge < -0.3 is 4.90 Å². The van der Waals surface area contributed by atoms with Crippen LogP contribution in [0.3, 0.4) is 0 Å². The number of rotatable bonds is 1. The van der Waals surface area contributed by atoms with Gasteiger partial charge in [0, 0.05) is 12.2 Å². The van der Waals surface area contributed by atoms with E-state index in [2.05, 4.69) is 11.0 Å². The van der Waals surface area contributed by atoms with Crippen LogP contribution >= 0.6 is 0 Å². The minimum Gasteiger partial charge on any atom is -0.305 e. The van der Waals surface area contributed by atoms with E-state index in [0.29, 0.717) is 17.8 Å². The first-order chi connectivity index (χ1) is 10.8. The number of carbonyl (C=O) groups is 1. The molecule has 4 nitrogen and oxygen atoms in total. The number of nitrogens with zero attached hydrogens (tertiary/aromatic N) is 3. The molecule has 1 aromatic heterocycles. The molecular formula is C16H12F3N3O. The Bertz CT molecular complexity index is 799. The van der Waals surface area contributed by atoms with E-state index in [1.807, 2.05) is 6.92 Å². The Balaban J connectivity index is 1.99.